The van der Waals surface area contributed by atoms with Crippen LogP contribution in [0.3, 0.4) is 0 Å². The number of hydrogen-bond donors (Lipinski definition) is 1. The average Bonchev–Trinajstić information content (AvgIpc) is 1.75. The van der Waals surface area contributed by atoms with Crippen LogP contribution in [0, 0.1) is 97.7 Å². The molecule has 834 valence electrons. The Morgan fingerprint density at radius 3 is 1.01 bits per heavy atom. The van der Waals surface area contributed by atoms with Gasteiger partial charge in [-0.2, -0.15) is 0 Å². The van der Waals surface area contributed by atoms with Crippen molar-refractivity contribution in [3.05, 3.63) is 201 Å². The van der Waals surface area contributed by atoms with E-state index in [1.165, 1.54) is 49.3 Å². The first kappa shape index (κ1) is 135. The molecular weight excluding hydrogens is 1880 g/mol. The molecule has 3 amide bonds. The van der Waals surface area contributed by atoms with Crippen molar-refractivity contribution in [3.63, 3.8) is 0 Å². The number of aromatic nitrogens is 6. The highest BCUT2D eigenvalue weighted by molar-refractivity contribution is 5.96. The lowest BCUT2D eigenvalue weighted by atomic mass is 10.1. The number of rotatable bonds is 44. The van der Waals surface area contributed by atoms with E-state index in [1.54, 1.807) is 126 Å². The van der Waals surface area contributed by atoms with Crippen LogP contribution in [0.15, 0.2) is 184 Å². The summed E-state index contributed by atoms with van der Waals surface area (Å²) >= 11 is 0. The lowest BCUT2D eigenvalue weighted by Crippen LogP contribution is -2.44. The van der Waals surface area contributed by atoms with Crippen LogP contribution in [0.25, 0.3) is 0 Å². The van der Waals surface area contributed by atoms with Crippen molar-refractivity contribution in [1.29, 1.82) is 0 Å². The van der Waals surface area contributed by atoms with E-state index in [2.05, 4.69) is 56.3 Å². The number of hydrazine groups is 1. The molecule has 9 rings (SSSR count). The molecule has 0 radical (unpaired) electrons. The van der Waals surface area contributed by atoms with E-state index in [4.69, 9.17) is 8.85 Å². The number of piperidine rings is 1. The van der Waals surface area contributed by atoms with Crippen LogP contribution in [-0.4, -0.2) is 270 Å². The number of ketones is 12. The third-order valence-electron chi connectivity index (χ3n) is 22.7. The molecule has 6 aliphatic rings. The number of hydrogen-bond acceptors (Lipinski definition) is 24. The molecule has 1 N–H and O–H groups in total. The predicted molar refractivity (Wildman–Crippen MR) is 603 cm³/mol. The second kappa shape index (κ2) is 83.2. The first-order valence-electron chi connectivity index (χ1n) is 54.6. The number of nitrogens with one attached hydrogen (secondary N) is 1. The molecule has 30 nitrogen and oxygen atoms in total. The van der Waals surface area contributed by atoms with Gasteiger partial charge in [-0.05, 0) is 192 Å². The van der Waals surface area contributed by atoms with Crippen LogP contribution in [0.2, 0.25) is 0 Å². The summed E-state index contributed by atoms with van der Waals surface area (Å²) in [5.41, 5.74) is 6.28. The van der Waals surface area contributed by atoms with E-state index < -0.39 is 6.98 Å². The van der Waals surface area contributed by atoms with Crippen LogP contribution < -0.4 is 5.43 Å². The number of imidazole rings is 1. The number of likely N-dealkylation sites (N-methyl/N-ethyl adjacent to an activating group) is 2. The lowest BCUT2D eigenvalue weighted by molar-refractivity contribution is -0.133. The molecule has 0 spiro atoms. The maximum Gasteiger partial charge on any atom is 0.222 e. The minimum absolute atomic E-state index is 0.0175. The van der Waals surface area contributed by atoms with E-state index in [0.717, 1.165) is 95.7 Å². The highest BCUT2D eigenvalue weighted by Gasteiger charge is 2.31. The van der Waals surface area contributed by atoms with Crippen LogP contribution in [0.4, 0.5) is 0 Å². The SMILES string of the molecule is C=C1NN(C/C=C/C(=O)C(C)C)CCO1.C=CC(=O)C(C)C.CC(C)C(=O)/C=C/CN(C)C.CC(C)C(=O)/C=C/CN1CCC1.CC(C)C(=O)/C=C/CN1CCCC1=O.CC(C)C(=O)/C=C/CN1CCCC1=O.CC(C)C(=O)/C=C/CN1CCCCC1=O.CC(C)C(=O)C1CC1.Cc1cccn1C/C=C/C(=O)C(C)C.Cc1cncn1C/C=C/C(=O)C(C)C.Cc1cnnn1C/C=C/C(=O)C(C)C.[2H]C([2H])([2H])N(C)C/C=C/C(=O)C(C)C. The largest absolute Gasteiger partial charge is 0.477 e. The summed E-state index contributed by atoms with van der Waals surface area (Å²) in [6, 6.07) is 4.06. The Bertz CT molecular complexity index is 4710. The molecule has 30 heteroatoms. The highest BCUT2D eigenvalue weighted by atomic mass is 16.5. The summed E-state index contributed by atoms with van der Waals surface area (Å²) < 4.78 is 32.1. The van der Waals surface area contributed by atoms with Gasteiger partial charge in [-0.15, -0.1) is 5.10 Å². The molecule has 0 aromatic carbocycles. The molecule has 149 heavy (non-hydrogen) atoms. The van der Waals surface area contributed by atoms with Crippen molar-refractivity contribution < 1.29 is 80.8 Å². The molecule has 1 aliphatic carbocycles. The average molecular weight is 2080 g/mol. The number of likely N-dealkylation sites (tertiary alicyclic amines) is 4. The second-order valence-corrected chi connectivity index (χ2v) is 41.0. The van der Waals surface area contributed by atoms with Crippen molar-refractivity contribution in [2.45, 2.75) is 271 Å². The Morgan fingerprint density at radius 1 is 0.396 bits per heavy atom. The van der Waals surface area contributed by atoms with Gasteiger partial charge < -0.3 is 38.4 Å². The van der Waals surface area contributed by atoms with Crippen molar-refractivity contribution in [3.8, 4) is 0 Å². The zero-order chi connectivity index (χ0) is 116. The van der Waals surface area contributed by atoms with Crippen molar-refractivity contribution in [1.82, 2.24) is 68.9 Å². The fourth-order valence-electron chi connectivity index (χ4n) is 11.9. The summed E-state index contributed by atoms with van der Waals surface area (Å²) in [5, 5.41) is 9.56. The lowest BCUT2D eigenvalue weighted by Gasteiger charge is -2.29. The number of ether oxygens (including phenoxy) is 1. The van der Waals surface area contributed by atoms with Gasteiger partial charge in [-0.25, -0.2) is 14.7 Å². The highest BCUT2D eigenvalue weighted by Crippen LogP contribution is 2.32. The maximum absolute atomic E-state index is 11.4. The number of amides is 3. The summed E-state index contributed by atoms with van der Waals surface area (Å²) in [4.78, 5) is 182. The van der Waals surface area contributed by atoms with Gasteiger partial charge in [0, 0.05) is 203 Å². The second-order valence-electron chi connectivity index (χ2n) is 41.0. The summed E-state index contributed by atoms with van der Waals surface area (Å²) in [6.45, 7) is 69.1. The Hall–Kier alpha value is -11.6. The number of nitrogens with zero attached hydrogens (tertiary/aromatic N) is 13. The predicted octanol–water partition coefficient (Wildman–Crippen LogP) is 18.7. The summed E-state index contributed by atoms with van der Waals surface area (Å²) in [5.74, 6) is 4.69. The van der Waals surface area contributed by atoms with Crippen molar-refractivity contribution in [2.75, 3.05) is 120 Å². The number of carbonyl (C=O) groups is 15. The van der Waals surface area contributed by atoms with Crippen LogP contribution in [0.1, 0.15) is 252 Å². The number of allylic oxidation sites excluding steroid dienone is 14. The Morgan fingerprint density at radius 2 is 0.738 bits per heavy atom. The third-order valence-corrected chi connectivity index (χ3v) is 22.7. The van der Waals surface area contributed by atoms with Gasteiger partial charge in [-0.1, -0.05) is 239 Å². The molecular formula is C119H192N14O16. The van der Waals surface area contributed by atoms with Crippen molar-refractivity contribution in [2.24, 2.45) is 76.9 Å². The molecule has 5 aliphatic heterocycles. The van der Waals surface area contributed by atoms with E-state index in [9.17, 15) is 71.9 Å². The van der Waals surface area contributed by atoms with Crippen LogP contribution >= 0.6 is 0 Å². The topological polar surface area (TPSA) is 353 Å². The van der Waals surface area contributed by atoms with Gasteiger partial charge in [0.2, 0.25) is 17.7 Å². The van der Waals surface area contributed by atoms with E-state index in [0.29, 0.717) is 82.7 Å². The number of Topliss-reactive ketones (excluding diaryl/α,β-unsaturated/α-hetero) is 1. The molecule has 8 heterocycles. The van der Waals surface area contributed by atoms with Gasteiger partial charge in [0.25, 0.3) is 0 Å². The molecule has 3 aromatic heterocycles. The van der Waals surface area contributed by atoms with Gasteiger partial charge in [-0.3, -0.25) is 82.2 Å². The number of aryl methyl sites for hydroxylation is 3. The minimum atomic E-state index is -2.09. The normalized spacial score (nSPS) is 15.2. The minimum Gasteiger partial charge on any atom is -0.477 e. The Labute approximate surface area is 900 Å². The molecule has 0 unspecified atom stereocenters. The Kier molecular flexibility index (Phi) is 75.6. The van der Waals surface area contributed by atoms with E-state index in [-0.39, 0.29) is 159 Å². The fourth-order valence-corrected chi connectivity index (χ4v) is 11.9. The quantitative estimate of drug-likeness (QED) is 0.0514. The van der Waals surface area contributed by atoms with Gasteiger partial charge in [0.1, 0.15) is 12.4 Å². The zero-order valence-electron chi connectivity index (χ0n) is 99.4. The smallest absolute Gasteiger partial charge is 0.222 e. The zero-order valence-corrected chi connectivity index (χ0v) is 96.4. The van der Waals surface area contributed by atoms with E-state index >= 15 is 0 Å². The molecule has 5 saturated heterocycles. The Balaban J connectivity index is -0.00000160. The fraction of sp³-hybridized carbons (Fsp3) is 0.597. The molecule has 0 bridgehead atoms. The molecule has 0 atom stereocenters. The number of carbonyl (C=O) groups excluding carboxylic acids is 15. The summed E-state index contributed by atoms with van der Waals surface area (Å²) in [7, 11) is 5.45. The molecule has 3 aromatic rings. The first-order valence-corrected chi connectivity index (χ1v) is 53.1. The van der Waals surface area contributed by atoms with Gasteiger partial charge in [0.15, 0.2) is 69.5 Å². The molecule has 6 fully saturated rings. The molecule has 1 saturated carbocycles. The van der Waals surface area contributed by atoms with Gasteiger partial charge in [0.05, 0.1) is 31.3 Å². The van der Waals surface area contributed by atoms with E-state index in [1.807, 2.05) is 248 Å². The summed E-state index contributed by atoms with van der Waals surface area (Å²) in [6.07, 6.45) is 52.6. The van der Waals surface area contributed by atoms with Gasteiger partial charge >= 0.3 is 0 Å². The van der Waals surface area contributed by atoms with Crippen LogP contribution in [-0.2, 0) is 96.3 Å². The standard InChI is InChI=1S/C12H19NO2.C12H17NO.C11H18N2O2.C11H16N2O.2C11H17NO2.C10H15N3O.C10H17NO.2C9H17NO.C7H12O.C6H10O/c1-10(2)11(14)6-5-9-13-8-4-3-7-12(13)15;1-10(2)12(14)7-5-9-13-8-4-6-11(13)3;1-9(2)11(14)5-4-6-13-7-8-15-10(3)12-13;1-9(2)11(14)5-4-6-13-8-12-7-10(13)3;2*1-9(2)10(13)5-3-7-12-8-4-6-11(12)14;1-8(2)10(14)5-4-6-13-9(3)7-11-12-13;1-9(2)10(12)5-3-6-11-7-4-8-11;2*1-8(2)9(11)6-5-7-10(3)4;1-5(2)7(8)6-3-4-6;1-4-6(7)5(2)3/h5-6,10H,3-4,7-9H2,1-2H3;4-8,10H,9H2,1-3H3;4-5,9,12H,3,6-8H2,1-2H3;4-5,7-9H,6H2,1-3H3;2*3,5,9H,4,6-8H2,1-2H3;4-5,7-8H,6H2,1-3H3;3,5,9H,4,6-8H2,1-2H3;2*5-6,8H,7H2,1-4H3;5-6H,3-4H2,1-2H3;4-5H,1H2,2-3H3/b6-5+;7-5+;2*5-4+;2*5-3+;5-4+;5-3+;2*6-5+;;/i;;;;;;;;3D3;;;. The van der Waals surface area contributed by atoms with Crippen LogP contribution in [0.5, 0.6) is 0 Å². The first-order chi connectivity index (χ1) is 71.1. The maximum atomic E-state index is 11.4. The third kappa shape index (κ3) is 74.1. The monoisotopic (exact) mass is 2080 g/mol. The van der Waals surface area contributed by atoms with Crippen molar-refractivity contribution >= 4 is 87.1 Å².